The zero-order valence-corrected chi connectivity index (χ0v) is 26.1. The summed E-state index contributed by atoms with van der Waals surface area (Å²) in [7, 11) is 0. The molecule has 0 spiro atoms. The van der Waals surface area contributed by atoms with Gasteiger partial charge in [0.2, 0.25) is 0 Å². The summed E-state index contributed by atoms with van der Waals surface area (Å²) in [4.78, 5) is 22.4. The summed E-state index contributed by atoms with van der Waals surface area (Å²) in [5.41, 5.74) is 8.40. The van der Waals surface area contributed by atoms with E-state index >= 15 is 0 Å². The van der Waals surface area contributed by atoms with Crippen LogP contribution in [0, 0.1) is 25.1 Å². The molecule has 0 unspecified atom stereocenters. The number of carboxylic acid groups (broad SMARTS) is 1. The molecule has 2 aliphatic heterocycles. The van der Waals surface area contributed by atoms with Crippen LogP contribution in [0.2, 0.25) is 0 Å². The number of hydrogen-bond acceptors (Lipinski definition) is 5. The summed E-state index contributed by atoms with van der Waals surface area (Å²) >= 11 is 0. The molecule has 1 aromatic heterocycles. The Morgan fingerprint density at radius 3 is 2.29 bits per heavy atom. The number of pyridine rings is 1. The molecule has 1 atom stereocenters. The number of nitrogens with zero attached hydrogens (tertiary/aromatic N) is 3. The van der Waals surface area contributed by atoms with Crippen LogP contribution in [-0.2, 0) is 29.2 Å². The largest absolute Gasteiger partial charge is 0.479 e. The monoisotopic (exact) mass is 573 g/mol. The normalized spacial score (nSPS) is 17.8. The van der Waals surface area contributed by atoms with Crippen LogP contribution in [0.4, 0.5) is 10.1 Å². The van der Waals surface area contributed by atoms with Gasteiger partial charge in [-0.2, -0.15) is 0 Å². The van der Waals surface area contributed by atoms with E-state index in [2.05, 4.69) is 41.8 Å². The highest BCUT2D eigenvalue weighted by atomic mass is 19.1. The number of rotatable bonds is 7. The number of carboxylic acids is 1. The molecule has 0 amide bonds. The van der Waals surface area contributed by atoms with Gasteiger partial charge in [-0.25, -0.2) is 9.18 Å². The van der Waals surface area contributed by atoms with Crippen LogP contribution in [0.3, 0.4) is 0 Å². The van der Waals surface area contributed by atoms with Crippen LogP contribution in [-0.4, -0.2) is 39.7 Å². The second-order valence-corrected chi connectivity index (χ2v) is 13.8. The lowest BCUT2D eigenvalue weighted by molar-refractivity contribution is -0.160. The van der Waals surface area contributed by atoms with Crippen molar-refractivity contribution in [1.82, 2.24) is 9.88 Å². The topological polar surface area (TPSA) is 65.9 Å². The third-order valence-electron chi connectivity index (χ3n) is 8.57. The van der Waals surface area contributed by atoms with E-state index in [4.69, 9.17) is 9.72 Å². The standard InChI is InChI=1S/C35H44FN3O3/c1-22-29(25-10-11-26-20-38(21-27(26)18-25)19-24-8-12-28(36)13-9-24)31(39-16-14-35(6,7)15-17-39)30(23(2)37-22)32(33(40)41)42-34(3,4)5/h8-13,18,32H,14-17,19-21H2,1-7H3,(H,40,41)/t32-/m0/s1. The van der Waals surface area contributed by atoms with Gasteiger partial charge in [-0.05, 0) is 93.3 Å². The molecule has 6 nitrogen and oxygen atoms in total. The highest BCUT2D eigenvalue weighted by Crippen LogP contribution is 2.45. The third-order valence-corrected chi connectivity index (χ3v) is 8.57. The molecule has 2 aromatic carbocycles. The van der Waals surface area contributed by atoms with Crippen LogP contribution in [0.5, 0.6) is 0 Å². The first-order valence-corrected chi connectivity index (χ1v) is 15.0. The molecule has 0 bridgehead atoms. The Labute approximate surface area is 249 Å². The van der Waals surface area contributed by atoms with Crippen molar-refractivity contribution in [3.8, 4) is 11.1 Å². The fraction of sp³-hybridized carbons (Fsp3) is 0.486. The van der Waals surface area contributed by atoms with E-state index in [0.29, 0.717) is 11.3 Å². The molecular formula is C35H44FN3O3. The van der Waals surface area contributed by atoms with Gasteiger partial charge in [0.1, 0.15) is 5.82 Å². The van der Waals surface area contributed by atoms with Crippen LogP contribution in [0.25, 0.3) is 11.1 Å². The van der Waals surface area contributed by atoms with Crippen molar-refractivity contribution in [3.05, 3.63) is 81.9 Å². The molecule has 3 aromatic rings. The van der Waals surface area contributed by atoms with E-state index < -0.39 is 17.7 Å². The fourth-order valence-electron chi connectivity index (χ4n) is 6.34. The number of anilines is 1. The van der Waals surface area contributed by atoms with E-state index in [1.54, 1.807) is 0 Å². The number of benzene rings is 2. The number of halogens is 1. The smallest absolute Gasteiger partial charge is 0.337 e. The SMILES string of the molecule is Cc1nc(C)c([C@H](OC(C)(C)C)C(=O)O)c(N2CCC(C)(C)CC2)c1-c1ccc2c(c1)CN(Cc1ccc(F)cc1)C2. The number of carbonyl (C=O) groups is 1. The quantitative estimate of drug-likeness (QED) is 0.314. The average Bonchev–Trinajstić information content (AvgIpc) is 3.29. The van der Waals surface area contributed by atoms with Crippen molar-refractivity contribution in [2.24, 2.45) is 5.41 Å². The van der Waals surface area contributed by atoms with Gasteiger partial charge in [0.05, 0.1) is 11.3 Å². The minimum atomic E-state index is -1.14. The summed E-state index contributed by atoms with van der Waals surface area (Å²) in [5.74, 6) is -1.23. The fourth-order valence-corrected chi connectivity index (χ4v) is 6.34. The predicted molar refractivity (Wildman–Crippen MR) is 165 cm³/mol. The molecule has 0 aliphatic carbocycles. The van der Waals surface area contributed by atoms with Crippen molar-refractivity contribution in [3.63, 3.8) is 0 Å². The Morgan fingerprint density at radius 1 is 1.02 bits per heavy atom. The number of aryl methyl sites for hydroxylation is 2. The van der Waals surface area contributed by atoms with Crippen molar-refractivity contribution in [2.75, 3.05) is 18.0 Å². The van der Waals surface area contributed by atoms with Gasteiger partial charge >= 0.3 is 5.97 Å². The molecular weight excluding hydrogens is 529 g/mol. The summed E-state index contributed by atoms with van der Waals surface area (Å²) in [6.45, 7) is 18.3. The Morgan fingerprint density at radius 2 is 1.67 bits per heavy atom. The molecule has 3 heterocycles. The van der Waals surface area contributed by atoms with Gasteiger partial charge in [-0.15, -0.1) is 0 Å². The molecule has 42 heavy (non-hydrogen) atoms. The van der Waals surface area contributed by atoms with Crippen molar-refractivity contribution in [1.29, 1.82) is 0 Å². The first-order valence-electron chi connectivity index (χ1n) is 15.0. The Kier molecular flexibility index (Phi) is 8.20. The average molecular weight is 574 g/mol. The van der Waals surface area contributed by atoms with Crippen LogP contribution >= 0.6 is 0 Å². The highest BCUT2D eigenvalue weighted by Gasteiger charge is 2.36. The number of fused-ring (bicyclic) bond motifs is 1. The van der Waals surface area contributed by atoms with Gasteiger partial charge in [0.25, 0.3) is 0 Å². The lowest BCUT2D eigenvalue weighted by Gasteiger charge is -2.41. The van der Waals surface area contributed by atoms with Gasteiger partial charge in [-0.1, -0.05) is 38.1 Å². The molecule has 2 aliphatic rings. The molecule has 0 radical (unpaired) electrons. The minimum absolute atomic E-state index is 0.222. The van der Waals surface area contributed by atoms with Gasteiger partial charge in [-0.3, -0.25) is 9.88 Å². The summed E-state index contributed by atoms with van der Waals surface area (Å²) in [5, 5.41) is 10.4. The van der Waals surface area contributed by atoms with E-state index in [9.17, 15) is 14.3 Å². The lowest BCUT2D eigenvalue weighted by atomic mass is 9.81. The molecule has 1 N–H and O–H groups in total. The van der Waals surface area contributed by atoms with Gasteiger partial charge < -0.3 is 14.7 Å². The molecule has 224 valence electrons. The van der Waals surface area contributed by atoms with E-state index in [-0.39, 0.29) is 11.2 Å². The predicted octanol–water partition coefficient (Wildman–Crippen LogP) is 7.59. The first-order chi connectivity index (χ1) is 19.7. The Balaban J connectivity index is 1.58. The summed E-state index contributed by atoms with van der Waals surface area (Å²) in [6.07, 6.45) is 0.904. The number of aromatic nitrogens is 1. The van der Waals surface area contributed by atoms with Gasteiger partial charge in [0.15, 0.2) is 6.10 Å². The van der Waals surface area contributed by atoms with Crippen LogP contribution in [0.15, 0.2) is 42.5 Å². The number of ether oxygens (including phenoxy) is 1. The van der Waals surface area contributed by atoms with E-state index in [1.165, 1.54) is 23.3 Å². The number of piperidine rings is 1. The maximum atomic E-state index is 13.4. The third kappa shape index (κ3) is 6.52. The lowest BCUT2D eigenvalue weighted by Crippen LogP contribution is -2.39. The molecule has 1 saturated heterocycles. The van der Waals surface area contributed by atoms with Crippen LogP contribution < -0.4 is 4.90 Å². The molecule has 5 rings (SSSR count). The first kappa shape index (κ1) is 30.2. The summed E-state index contributed by atoms with van der Waals surface area (Å²) in [6, 6.07) is 13.3. The zero-order chi connectivity index (χ0) is 30.4. The van der Waals surface area contributed by atoms with Crippen LogP contribution in [0.1, 0.15) is 87.2 Å². The molecule has 7 heteroatoms. The Hall–Kier alpha value is -3.29. The molecule has 1 fully saturated rings. The van der Waals surface area contributed by atoms with Gasteiger partial charge in [0, 0.05) is 55.2 Å². The van der Waals surface area contributed by atoms with Crippen molar-refractivity contribution >= 4 is 11.7 Å². The van der Waals surface area contributed by atoms with E-state index in [0.717, 1.165) is 73.6 Å². The number of aliphatic carboxylic acids is 1. The number of hydrogen-bond donors (Lipinski definition) is 1. The highest BCUT2D eigenvalue weighted by molar-refractivity contribution is 5.88. The minimum Gasteiger partial charge on any atom is -0.479 e. The van der Waals surface area contributed by atoms with E-state index in [1.807, 2.05) is 46.8 Å². The maximum absolute atomic E-state index is 13.4. The summed E-state index contributed by atoms with van der Waals surface area (Å²) < 4.78 is 19.6. The van der Waals surface area contributed by atoms with Crippen molar-refractivity contribution < 1.29 is 19.0 Å². The maximum Gasteiger partial charge on any atom is 0.337 e. The second-order valence-electron chi connectivity index (χ2n) is 13.8. The second kappa shape index (κ2) is 11.4. The zero-order valence-electron chi connectivity index (χ0n) is 26.1. The Bertz CT molecular complexity index is 1470. The van der Waals surface area contributed by atoms with Crippen molar-refractivity contribution in [2.45, 2.75) is 92.6 Å². The molecule has 0 saturated carbocycles.